The SMILES string of the molecule is COC[C@@H](O)CCNC(=O)Cc1csc(-c2ccc(Cl)s2)n1. The quantitative estimate of drug-likeness (QED) is 0.759. The lowest BCUT2D eigenvalue weighted by atomic mass is 10.2. The van der Waals surface area contributed by atoms with Gasteiger partial charge in [-0.05, 0) is 18.6 Å². The highest BCUT2D eigenvalue weighted by atomic mass is 35.5. The van der Waals surface area contributed by atoms with Crippen LogP contribution in [0.1, 0.15) is 12.1 Å². The van der Waals surface area contributed by atoms with Gasteiger partial charge in [-0.2, -0.15) is 0 Å². The van der Waals surface area contributed by atoms with Gasteiger partial charge in [0, 0.05) is 19.0 Å². The lowest BCUT2D eigenvalue weighted by molar-refractivity contribution is -0.120. The van der Waals surface area contributed by atoms with Gasteiger partial charge in [-0.3, -0.25) is 4.79 Å². The number of nitrogens with one attached hydrogen (secondary N) is 1. The maximum Gasteiger partial charge on any atom is 0.226 e. The summed E-state index contributed by atoms with van der Waals surface area (Å²) in [5.41, 5.74) is 0.736. The van der Waals surface area contributed by atoms with Crippen molar-refractivity contribution in [3.63, 3.8) is 0 Å². The number of thiophene rings is 1. The lowest BCUT2D eigenvalue weighted by Crippen LogP contribution is -2.29. The van der Waals surface area contributed by atoms with Gasteiger partial charge in [-0.25, -0.2) is 4.98 Å². The van der Waals surface area contributed by atoms with Crippen LogP contribution >= 0.6 is 34.3 Å². The average molecular weight is 361 g/mol. The van der Waals surface area contributed by atoms with Crippen LogP contribution in [0.3, 0.4) is 0 Å². The molecule has 0 unspecified atom stereocenters. The molecular weight excluding hydrogens is 344 g/mol. The van der Waals surface area contributed by atoms with E-state index in [1.54, 1.807) is 0 Å². The molecule has 2 aromatic rings. The van der Waals surface area contributed by atoms with E-state index in [2.05, 4.69) is 10.3 Å². The number of aliphatic hydroxyl groups excluding tert-OH is 1. The van der Waals surface area contributed by atoms with Gasteiger partial charge < -0.3 is 15.2 Å². The number of aromatic nitrogens is 1. The molecule has 2 aromatic heterocycles. The summed E-state index contributed by atoms with van der Waals surface area (Å²) in [7, 11) is 1.53. The molecule has 0 saturated carbocycles. The first kappa shape index (κ1) is 17.4. The summed E-state index contributed by atoms with van der Waals surface area (Å²) in [6, 6.07) is 3.76. The number of carbonyl (C=O) groups is 1. The van der Waals surface area contributed by atoms with Crippen LogP contribution in [0.2, 0.25) is 4.34 Å². The van der Waals surface area contributed by atoms with Crippen LogP contribution < -0.4 is 5.32 Å². The number of hydrogen-bond acceptors (Lipinski definition) is 6. The molecule has 0 radical (unpaired) electrons. The van der Waals surface area contributed by atoms with Crippen molar-refractivity contribution in [3.05, 3.63) is 27.5 Å². The molecule has 0 bridgehead atoms. The average Bonchev–Trinajstić information content (AvgIpc) is 3.08. The maximum absolute atomic E-state index is 11.8. The third kappa shape index (κ3) is 5.33. The summed E-state index contributed by atoms with van der Waals surface area (Å²) in [4.78, 5) is 17.3. The summed E-state index contributed by atoms with van der Waals surface area (Å²) in [5.74, 6) is -0.106. The van der Waals surface area contributed by atoms with Crippen molar-refractivity contribution in [2.24, 2.45) is 0 Å². The van der Waals surface area contributed by atoms with Crippen molar-refractivity contribution in [1.29, 1.82) is 0 Å². The van der Waals surface area contributed by atoms with Gasteiger partial charge >= 0.3 is 0 Å². The van der Waals surface area contributed by atoms with E-state index in [4.69, 9.17) is 16.3 Å². The second-order valence-electron chi connectivity index (χ2n) is 4.67. The molecule has 0 fully saturated rings. The van der Waals surface area contributed by atoms with Gasteiger partial charge in [0.1, 0.15) is 5.01 Å². The number of nitrogens with zero attached hydrogens (tertiary/aromatic N) is 1. The third-order valence-corrected chi connectivity index (χ3v) is 5.13. The van der Waals surface area contributed by atoms with E-state index in [0.29, 0.717) is 13.0 Å². The number of rotatable bonds is 8. The Bertz CT molecular complexity index is 615. The number of carbonyl (C=O) groups excluding carboxylic acids is 1. The van der Waals surface area contributed by atoms with E-state index in [0.717, 1.165) is 19.9 Å². The molecule has 0 aliphatic heterocycles. The molecule has 5 nitrogen and oxygen atoms in total. The molecule has 0 spiro atoms. The second-order valence-corrected chi connectivity index (χ2v) is 7.25. The van der Waals surface area contributed by atoms with E-state index in [1.165, 1.54) is 29.8 Å². The minimum Gasteiger partial charge on any atom is -0.391 e. The van der Waals surface area contributed by atoms with Gasteiger partial charge in [0.2, 0.25) is 5.91 Å². The van der Waals surface area contributed by atoms with Crippen LogP contribution in [0, 0.1) is 0 Å². The molecule has 2 rings (SSSR count). The van der Waals surface area contributed by atoms with Gasteiger partial charge in [0.15, 0.2) is 0 Å². The van der Waals surface area contributed by atoms with E-state index < -0.39 is 6.10 Å². The summed E-state index contributed by atoms with van der Waals surface area (Å²) in [5, 5.41) is 15.0. The van der Waals surface area contributed by atoms with Crippen LogP contribution in [0.5, 0.6) is 0 Å². The fourth-order valence-electron chi connectivity index (χ4n) is 1.81. The van der Waals surface area contributed by atoms with Crippen molar-refractivity contribution in [1.82, 2.24) is 10.3 Å². The van der Waals surface area contributed by atoms with E-state index in [-0.39, 0.29) is 18.9 Å². The molecule has 22 heavy (non-hydrogen) atoms. The van der Waals surface area contributed by atoms with E-state index in [1.807, 2.05) is 17.5 Å². The Morgan fingerprint density at radius 3 is 3.05 bits per heavy atom. The summed E-state index contributed by atoms with van der Waals surface area (Å²) in [6.45, 7) is 0.690. The molecule has 1 atom stereocenters. The first-order valence-corrected chi connectivity index (χ1v) is 8.79. The first-order valence-electron chi connectivity index (χ1n) is 6.72. The number of amides is 1. The molecule has 2 N–H and O–H groups in total. The molecule has 120 valence electrons. The van der Waals surface area contributed by atoms with E-state index in [9.17, 15) is 9.90 Å². The Balaban J connectivity index is 1.79. The van der Waals surface area contributed by atoms with Crippen LogP contribution in [-0.2, 0) is 16.0 Å². The van der Waals surface area contributed by atoms with Gasteiger partial charge in [0.05, 0.1) is 34.0 Å². The zero-order chi connectivity index (χ0) is 15.9. The molecular formula is C14H17ClN2O3S2. The summed E-state index contributed by atoms with van der Waals surface area (Å²) < 4.78 is 5.54. The number of halogens is 1. The molecule has 8 heteroatoms. The number of thiazole rings is 1. The largest absolute Gasteiger partial charge is 0.391 e. The Morgan fingerprint density at radius 1 is 1.55 bits per heavy atom. The second kappa shape index (κ2) is 8.59. The maximum atomic E-state index is 11.8. The van der Waals surface area contributed by atoms with Crippen molar-refractivity contribution in [3.8, 4) is 9.88 Å². The molecule has 1 amide bonds. The van der Waals surface area contributed by atoms with Crippen LogP contribution in [0.25, 0.3) is 9.88 Å². The smallest absolute Gasteiger partial charge is 0.226 e. The van der Waals surface area contributed by atoms with Crippen LogP contribution in [0.15, 0.2) is 17.5 Å². The Labute approximate surface area is 141 Å². The highest BCUT2D eigenvalue weighted by molar-refractivity contribution is 7.23. The Morgan fingerprint density at radius 2 is 2.36 bits per heavy atom. The number of methoxy groups -OCH3 is 1. The normalized spacial score (nSPS) is 12.3. The molecule has 2 heterocycles. The predicted molar refractivity (Wildman–Crippen MR) is 89.7 cm³/mol. The zero-order valence-electron chi connectivity index (χ0n) is 12.0. The van der Waals surface area contributed by atoms with E-state index >= 15 is 0 Å². The summed E-state index contributed by atoms with van der Waals surface area (Å²) >= 11 is 8.87. The standard InChI is InChI=1S/C14H17ClN2O3S2/c1-20-7-10(18)4-5-16-13(19)6-9-8-21-14(17-9)11-2-3-12(15)22-11/h2-3,8,10,18H,4-7H2,1H3,(H,16,19)/t10-/m0/s1. The Kier molecular flexibility index (Phi) is 6.78. The van der Waals surface area contributed by atoms with Crippen LogP contribution in [0.4, 0.5) is 0 Å². The topological polar surface area (TPSA) is 71.5 Å². The minimum atomic E-state index is -0.556. The molecule has 0 aliphatic rings. The fraction of sp³-hybridized carbons (Fsp3) is 0.429. The highest BCUT2D eigenvalue weighted by Gasteiger charge is 2.11. The van der Waals surface area contributed by atoms with Crippen molar-refractivity contribution in [2.75, 3.05) is 20.3 Å². The monoisotopic (exact) mass is 360 g/mol. The summed E-state index contributed by atoms with van der Waals surface area (Å²) in [6.07, 6.45) is 0.144. The number of hydrogen-bond donors (Lipinski definition) is 2. The third-order valence-electron chi connectivity index (χ3n) is 2.84. The van der Waals surface area contributed by atoms with Crippen molar-refractivity contribution < 1.29 is 14.6 Å². The molecule has 0 aromatic carbocycles. The minimum absolute atomic E-state index is 0.106. The van der Waals surface area contributed by atoms with Crippen molar-refractivity contribution >= 4 is 40.2 Å². The zero-order valence-corrected chi connectivity index (χ0v) is 14.4. The molecule has 0 aliphatic carbocycles. The number of ether oxygens (including phenoxy) is 1. The van der Waals surface area contributed by atoms with Gasteiger partial charge in [0.25, 0.3) is 0 Å². The number of aliphatic hydroxyl groups is 1. The fourth-order valence-corrected chi connectivity index (χ4v) is 3.75. The lowest BCUT2D eigenvalue weighted by Gasteiger charge is -2.09. The van der Waals surface area contributed by atoms with Crippen LogP contribution in [-0.4, -0.2) is 42.4 Å². The predicted octanol–water partition coefficient (Wildman–Crippen LogP) is 2.58. The molecule has 0 saturated heterocycles. The van der Waals surface area contributed by atoms with Crippen molar-refractivity contribution in [2.45, 2.75) is 18.9 Å². The first-order chi connectivity index (χ1) is 10.6. The van der Waals surface area contributed by atoms with Gasteiger partial charge in [-0.15, -0.1) is 22.7 Å². The van der Waals surface area contributed by atoms with Gasteiger partial charge in [-0.1, -0.05) is 11.6 Å². The Hall–Kier alpha value is -0.990. The highest BCUT2D eigenvalue weighted by Crippen LogP contribution is 2.32.